The van der Waals surface area contributed by atoms with E-state index < -0.39 is 22.7 Å². The monoisotopic (exact) mass is 417 g/mol. The third kappa shape index (κ3) is 4.74. The Labute approximate surface area is 169 Å². The van der Waals surface area contributed by atoms with E-state index in [9.17, 15) is 13.4 Å². The van der Waals surface area contributed by atoms with Crippen molar-refractivity contribution in [3.63, 3.8) is 0 Å². The summed E-state index contributed by atoms with van der Waals surface area (Å²) in [5.41, 5.74) is 2.45. The van der Waals surface area contributed by atoms with Crippen LogP contribution in [0.5, 0.6) is 0 Å². The average Bonchev–Trinajstić information content (AvgIpc) is 2.70. The van der Waals surface area contributed by atoms with Gasteiger partial charge in [-0.1, -0.05) is 29.8 Å². The van der Waals surface area contributed by atoms with E-state index >= 15 is 0 Å². The summed E-state index contributed by atoms with van der Waals surface area (Å²) in [6.45, 7) is 2.03. The molecule has 2 N–H and O–H groups in total. The van der Waals surface area contributed by atoms with Gasteiger partial charge in [0.05, 0.1) is 27.4 Å². The molecule has 2 aromatic carbocycles. The number of amides is 1. The number of benzene rings is 2. The van der Waals surface area contributed by atoms with Crippen LogP contribution >= 0.6 is 11.6 Å². The minimum absolute atomic E-state index is 0.00991. The fourth-order valence-corrected chi connectivity index (χ4v) is 3.76. The number of nitrogens with one attached hydrogen (secondary N) is 2. The molecule has 3 rings (SSSR count). The molecule has 0 radical (unpaired) electrons. The SMILES string of the molecule is Cc1ccncc1NS(=O)c1ccccc1C(=O)NCc1ccc(F)c(Cl)c1. The molecule has 0 aliphatic heterocycles. The van der Waals surface area contributed by atoms with Crippen molar-refractivity contribution >= 4 is 34.2 Å². The normalized spacial score (nSPS) is 11.7. The predicted molar refractivity (Wildman–Crippen MR) is 108 cm³/mol. The number of anilines is 1. The van der Waals surface area contributed by atoms with Crippen LogP contribution in [-0.4, -0.2) is 15.1 Å². The number of rotatable bonds is 6. The Bertz CT molecular complexity index is 1050. The highest BCUT2D eigenvalue weighted by Crippen LogP contribution is 2.19. The maximum atomic E-state index is 13.2. The molecular weight excluding hydrogens is 401 g/mol. The van der Waals surface area contributed by atoms with Crippen LogP contribution in [0.3, 0.4) is 0 Å². The van der Waals surface area contributed by atoms with Gasteiger partial charge in [0.15, 0.2) is 11.0 Å². The summed E-state index contributed by atoms with van der Waals surface area (Å²) < 4.78 is 28.9. The lowest BCUT2D eigenvalue weighted by molar-refractivity contribution is 0.0948. The van der Waals surface area contributed by atoms with E-state index in [0.29, 0.717) is 16.1 Å². The molecule has 0 saturated heterocycles. The number of aromatic nitrogens is 1. The van der Waals surface area contributed by atoms with Crippen molar-refractivity contribution in [3.05, 3.63) is 88.5 Å². The van der Waals surface area contributed by atoms with E-state index in [0.717, 1.165) is 5.56 Å². The van der Waals surface area contributed by atoms with Crippen LogP contribution < -0.4 is 10.0 Å². The Balaban J connectivity index is 1.75. The van der Waals surface area contributed by atoms with Gasteiger partial charge in [0.2, 0.25) is 0 Å². The molecule has 3 aromatic rings. The average molecular weight is 418 g/mol. The molecule has 0 spiro atoms. The molecule has 1 heterocycles. The number of halogens is 2. The second-order valence-electron chi connectivity index (χ2n) is 5.99. The van der Waals surface area contributed by atoms with Crippen LogP contribution in [0.15, 0.2) is 65.8 Å². The molecule has 8 heteroatoms. The lowest BCUT2D eigenvalue weighted by atomic mass is 10.2. The van der Waals surface area contributed by atoms with E-state index in [1.54, 1.807) is 42.7 Å². The number of hydrogen-bond donors (Lipinski definition) is 2. The summed E-state index contributed by atoms with van der Waals surface area (Å²) in [5, 5.41) is 2.73. The van der Waals surface area contributed by atoms with Gasteiger partial charge in [-0.2, -0.15) is 0 Å². The fraction of sp³-hybridized carbons (Fsp3) is 0.100. The van der Waals surface area contributed by atoms with E-state index in [2.05, 4.69) is 15.0 Å². The second kappa shape index (κ2) is 8.95. The molecule has 0 bridgehead atoms. The molecule has 1 atom stereocenters. The summed E-state index contributed by atoms with van der Waals surface area (Å²) in [5.74, 6) is -0.914. The third-order valence-electron chi connectivity index (χ3n) is 4.01. The first kappa shape index (κ1) is 20.0. The van der Waals surface area contributed by atoms with Crippen LogP contribution in [0.2, 0.25) is 5.02 Å². The van der Waals surface area contributed by atoms with Crippen LogP contribution in [0.4, 0.5) is 10.1 Å². The Kier molecular flexibility index (Phi) is 6.38. The third-order valence-corrected chi connectivity index (χ3v) is 5.46. The Hall–Kier alpha value is -2.77. The largest absolute Gasteiger partial charge is 0.348 e. The first-order valence-electron chi connectivity index (χ1n) is 8.36. The number of pyridine rings is 1. The summed E-state index contributed by atoms with van der Waals surface area (Å²) in [4.78, 5) is 17.0. The van der Waals surface area contributed by atoms with Gasteiger partial charge in [-0.3, -0.25) is 14.5 Å². The molecule has 5 nitrogen and oxygen atoms in total. The van der Waals surface area contributed by atoms with Crippen molar-refractivity contribution in [3.8, 4) is 0 Å². The van der Waals surface area contributed by atoms with E-state index in [1.807, 2.05) is 6.92 Å². The highest BCUT2D eigenvalue weighted by molar-refractivity contribution is 7.86. The Morgan fingerprint density at radius 3 is 2.75 bits per heavy atom. The lowest BCUT2D eigenvalue weighted by Gasteiger charge is -2.12. The predicted octanol–water partition coefficient (Wildman–Crippen LogP) is 4.25. The van der Waals surface area contributed by atoms with Gasteiger partial charge >= 0.3 is 0 Å². The molecule has 1 unspecified atom stereocenters. The zero-order valence-corrected chi connectivity index (χ0v) is 16.5. The molecule has 0 aliphatic rings. The van der Waals surface area contributed by atoms with Gasteiger partial charge in [-0.05, 0) is 48.4 Å². The number of nitrogens with zero attached hydrogens (tertiary/aromatic N) is 1. The van der Waals surface area contributed by atoms with Crippen molar-refractivity contribution in [2.24, 2.45) is 0 Å². The number of carbonyl (C=O) groups excluding carboxylic acids is 1. The van der Waals surface area contributed by atoms with Gasteiger partial charge < -0.3 is 5.32 Å². The van der Waals surface area contributed by atoms with Crippen LogP contribution in [0.1, 0.15) is 21.5 Å². The maximum absolute atomic E-state index is 13.2. The van der Waals surface area contributed by atoms with Gasteiger partial charge in [0, 0.05) is 12.7 Å². The molecule has 0 fully saturated rings. The number of aryl methyl sites for hydroxylation is 1. The van der Waals surface area contributed by atoms with Gasteiger partial charge in [0.25, 0.3) is 5.91 Å². The topological polar surface area (TPSA) is 71.1 Å². The van der Waals surface area contributed by atoms with Crippen molar-refractivity contribution in [2.75, 3.05) is 4.72 Å². The zero-order chi connectivity index (χ0) is 20.1. The van der Waals surface area contributed by atoms with Gasteiger partial charge in [-0.15, -0.1) is 0 Å². The van der Waals surface area contributed by atoms with Crippen molar-refractivity contribution < 1.29 is 13.4 Å². The quantitative estimate of drug-likeness (QED) is 0.630. The first-order chi connectivity index (χ1) is 13.5. The van der Waals surface area contributed by atoms with Gasteiger partial charge in [-0.25, -0.2) is 8.60 Å². The standard InChI is InChI=1S/C20H17ClFN3O2S/c1-13-8-9-23-12-18(13)25-28(27)19-5-3-2-4-15(19)20(26)24-11-14-6-7-17(22)16(21)10-14/h2-10,12,25H,11H2,1H3,(H,24,26). The summed E-state index contributed by atoms with van der Waals surface area (Å²) in [7, 11) is -1.65. The maximum Gasteiger partial charge on any atom is 0.252 e. The van der Waals surface area contributed by atoms with Crippen LogP contribution in [0, 0.1) is 12.7 Å². The van der Waals surface area contributed by atoms with Crippen molar-refractivity contribution in [1.29, 1.82) is 0 Å². The van der Waals surface area contributed by atoms with Crippen molar-refractivity contribution in [2.45, 2.75) is 18.4 Å². The van der Waals surface area contributed by atoms with E-state index in [4.69, 9.17) is 11.6 Å². The minimum Gasteiger partial charge on any atom is -0.348 e. The molecular formula is C20H17ClFN3O2S. The minimum atomic E-state index is -1.65. The van der Waals surface area contributed by atoms with Crippen LogP contribution in [-0.2, 0) is 17.5 Å². The summed E-state index contributed by atoms with van der Waals surface area (Å²) in [6, 6.07) is 12.7. The summed E-state index contributed by atoms with van der Waals surface area (Å²) in [6.07, 6.45) is 3.22. The van der Waals surface area contributed by atoms with E-state index in [-0.39, 0.29) is 17.1 Å². The van der Waals surface area contributed by atoms with Crippen LogP contribution in [0.25, 0.3) is 0 Å². The smallest absolute Gasteiger partial charge is 0.252 e. The van der Waals surface area contributed by atoms with Gasteiger partial charge in [0.1, 0.15) is 5.82 Å². The summed E-state index contributed by atoms with van der Waals surface area (Å²) >= 11 is 5.76. The zero-order valence-electron chi connectivity index (χ0n) is 14.9. The molecule has 0 saturated carbocycles. The molecule has 0 aliphatic carbocycles. The Morgan fingerprint density at radius 1 is 1.21 bits per heavy atom. The highest BCUT2D eigenvalue weighted by Gasteiger charge is 2.16. The fourth-order valence-electron chi connectivity index (χ4n) is 2.47. The molecule has 1 aromatic heterocycles. The lowest BCUT2D eigenvalue weighted by Crippen LogP contribution is -2.25. The number of hydrogen-bond acceptors (Lipinski definition) is 3. The molecule has 1 amide bonds. The second-order valence-corrected chi connectivity index (χ2v) is 7.58. The van der Waals surface area contributed by atoms with Crippen molar-refractivity contribution in [1.82, 2.24) is 10.3 Å². The van der Waals surface area contributed by atoms with E-state index in [1.165, 1.54) is 18.2 Å². The number of carbonyl (C=O) groups is 1. The first-order valence-corrected chi connectivity index (χ1v) is 9.88. The molecule has 144 valence electrons. The highest BCUT2D eigenvalue weighted by atomic mass is 35.5. The Morgan fingerprint density at radius 2 is 2.00 bits per heavy atom. The molecule has 28 heavy (non-hydrogen) atoms.